The monoisotopic (exact) mass is 267 g/mol. The van der Waals surface area contributed by atoms with Crippen molar-refractivity contribution < 1.29 is 24.5 Å². The second-order valence-electron chi connectivity index (χ2n) is 4.09. The molecule has 1 aromatic rings. The molecule has 0 radical (unpaired) electrons. The Hall–Kier alpha value is -1.92. The maximum absolute atomic E-state index is 9.10. The zero-order valence-electron chi connectivity index (χ0n) is 10.6. The van der Waals surface area contributed by atoms with E-state index in [1.54, 1.807) is 0 Å². The molecule has 6 heteroatoms. The fourth-order valence-corrected chi connectivity index (χ4v) is 1.65. The van der Waals surface area contributed by atoms with Crippen molar-refractivity contribution in [1.29, 1.82) is 0 Å². The van der Waals surface area contributed by atoms with Crippen LogP contribution in [0.3, 0.4) is 0 Å². The third-order valence-corrected chi connectivity index (χ3v) is 2.52. The Labute approximate surface area is 111 Å². The first-order valence-corrected chi connectivity index (χ1v) is 5.86. The van der Waals surface area contributed by atoms with Crippen LogP contribution in [0.5, 0.6) is 0 Å². The smallest absolute Gasteiger partial charge is 0.414 e. The summed E-state index contributed by atoms with van der Waals surface area (Å²) < 4.78 is 5.66. The summed E-state index contributed by atoms with van der Waals surface area (Å²) >= 11 is 0. The topological polar surface area (TPSA) is 95.9 Å². The highest BCUT2D eigenvalue weighted by molar-refractivity contribution is 6.27. The van der Waals surface area contributed by atoms with Crippen LogP contribution in [0, 0.1) is 6.92 Å². The van der Waals surface area contributed by atoms with Crippen molar-refractivity contribution in [3.63, 3.8) is 0 Å². The highest BCUT2D eigenvalue weighted by atomic mass is 16.5. The van der Waals surface area contributed by atoms with Crippen molar-refractivity contribution in [2.75, 3.05) is 19.7 Å². The Morgan fingerprint density at radius 1 is 1.32 bits per heavy atom. The number of carbonyl (C=O) groups is 2. The summed E-state index contributed by atoms with van der Waals surface area (Å²) in [6, 6.07) is 8.52. The Balaban J connectivity index is 0.000000258. The molecular weight excluding hydrogens is 250 g/mol. The average molecular weight is 267 g/mol. The predicted molar refractivity (Wildman–Crippen MR) is 68.0 cm³/mol. The van der Waals surface area contributed by atoms with Crippen molar-refractivity contribution >= 4 is 11.9 Å². The predicted octanol–water partition coefficient (Wildman–Crippen LogP) is 0.812. The second kappa shape index (κ2) is 7.50. The standard InChI is InChI=1S/C11H15NO.C2H2O4/c1-9-3-2-4-10(7-9)11-8-12-5-6-13-11;3-1(4)2(5)6/h2-4,7,11-12H,5-6,8H2,1H3;(H,3,4)(H,5,6). The first kappa shape index (κ1) is 15.1. The van der Waals surface area contributed by atoms with Gasteiger partial charge in [0, 0.05) is 13.1 Å². The van der Waals surface area contributed by atoms with Gasteiger partial charge in [-0.25, -0.2) is 9.59 Å². The lowest BCUT2D eigenvalue weighted by Gasteiger charge is -2.24. The highest BCUT2D eigenvalue weighted by Crippen LogP contribution is 2.19. The van der Waals surface area contributed by atoms with Crippen LogP contribution >= 0.6 is 0 Å². The summed E-state index contributed by atoms with van der Waals surface area (Å²) in [4.78, 5) is 18.2. The molecular formula is C13H17NO5. The first-order valence-electron chi connectivity index (χ1n) is 5.86. The third-order valence-electron chi connectivity index (χ3n) is 2.52. The zero-order chi connectivity index (χ0) is 14.3. The number of aliphatic carboxylic acids is 2. The number of carboxylic acids is 2. The maximum atomic E-state index is 9.10. The summed E-state index contributed by atoms with van der Waals surface area (Å²) in [7, 11) is 0. The Kier molecular flexibility index (Phi) is 5.98. The molecule has 104 valence electrons. The van der Waals surface area contributed by atoms with Gasteiger partial charge in [-0.3, -0.25) is 0 Å². The number of morpholine rings is 1. The molecule has 1 aromatic carbocycles. The van der Waals surface area contributed by atoms with Crippen LogP contribution in [0.4, 0.5) is 0 Å². The van der Waals surface area contributed by atoms with Gasteiger partial charge in [-0.15, -0.1) is 0 Å². The fourth-order valence-electron chi connectivity index (χ4n) is 1.65. The van der Waals surface area contributed by atoms with E-state index in [0.717, 1.165) is 19.7 Å². The molecule has 1 unspecified atom stereocenters. The number of carboxylic acid groups (broad SMARTS) is 2. The van der Waals surface area contributed by atoms with Crippen molar-refractivity contribution in [1.82, 2.24) is 5.32 Å². The van der Waals surface area contributed by atoms with Gasteiger partial charge >= 0.3 is 11.9 Å². The largest absolute Gasteiger partial charge is 0.473 e. The zero-order valence-corrected chi connectivity index (χ0v) is 10.6. The molecule has 1 aliphatic heterocycles. The van der Waals surface area contributed by atoms with Gasteiger partial charge in [-0.2, -0.15) is 0 Å². The quantitative estimate of drug-likeness (QED) is 0.652. The second-order valence-corrected chi connectivity index (χ2v) is 4.09. The van der Waals surface area contributed by atoms with E-state index >= 15 is 0 Å². The van der Waals surface area contributed by atoms with Gasteiger partial charge in [0.25, 0.3) is 0 Å². The molecule has 1 heterocycles. The number of hydrogen-bond acceptors (Lipinski definition) is 4. The maximum Gasteiger partial charge on any atom is 0.414 e. The molecule has 0 bridgehead atoms. The van der Waals surface area contributed by atoms with E-state index in [4.69, 9.17) is 24.5 Å². The van der Waals surface area contributed by atoms with Crippen LogP contribution in [-0.4, -0.2) is 41.8 Å². The minimum absolute atomic E-state index is 0.244. The Morgan fingerprint density at radius 3 is 2.47 bits per heavy atom. The lowest BCUT2D eigenvalue weighted by Crippen LogP contribution is -2.33. The number of nitrogens with one attached hydrogen (secondary N) is 1. The molecule has 0 amide bonds. The van der Waals surface area contributed by atoms with Gasteiger partial charge in [-0.05, 0) is 12.5 Å². The van der Waals surface area contributed by atoms with Crippen molar-refractivity contribution in [2.45, 2.75) is 13.0 Å². The van der Waals surface area contributed by atoms with E-state index in [1.807, 2.05) is 0 Å². The summed E-state index contributed by atoms with van der Waals surface area (Å²) in [5.41, 5.74) is 2.58. The number of aryl methyl sites for hydroxylation is 1. The average Bonchev–Trinajstić information content (AvgIpc) is 2.40. The van der Waals surface area contributed by atoms with E-state index in [-0.39, 0.29) is 6.10 Å². The van der Waals surface area contributed by atoms with Crippen LogP contribution in [0.1, 0.15) is 17.2 Å². The van der Waals surface area contributed by atoms with Gasteiger partial charge in [0.05, 0.1) is 12.7 Å². The van der Waals surface area contributed by atoms with Gasteiger partial charge in [0.1, 0.15) is 0 Å². The lowest BCUT2D eigenvalue weighted by atomic mass is 10.1. The molecule has 1 saturated heterocycles. The molecule has 0 aromatic heterocycles. The molecule has 1 atom stereocenters. The molecule has 1 aliphatic rings. The van der Waals surface area contributed by atoms with Crippen molar-refractivity contribution in [2.24, 2.45) is 0 Å². The van der Waals surface area contributed by atoms with E-state index in [0.29, 0.717) is 0 Å². The molecule has 19 heavy (non-hydrogen) atoms. The SMILES string of the molecule is Cc1cccc(C2CNCCO2)c1.O=C(O)C(=O)O. The van der Waals surface area contributed by atoms with Crippen LogP contribution in [0.15, 0.2) is 24.3 Å². The Bertz CT molecular complexity index is 428. The minimum Gasteiger partial charge on any atom is -0.473 e. The summed E-state index contributed by atoms with van der Waals surface area (Å²) in [5, 5.41) is 18.1. The number of hydrogen-bond donors (Lipinski definition) is 3. The van der Waals surface area contributed by atoms with E-state index in [2.05, 4.69) is 36.5 Å². The molecule has 6 nitrogen and oxygen atoms in total. The van der Waals surface area contributed by atoms with Gasteiger partial charge in [0.2, 0.25) is 0 Å². The number of benzene rings is 1. The highest BCUT2D eigenvalue weighted by Gasteiger charge is 2.14. The minimum atomic E-state index is -1.82. The molecule has 2 rings (SSSR count). The normalized spacial score (nSPS) is 18.1. The summed E-state index contributed by atoms with van der Waals surface area (Å²) in [6.45, 7) is 4.84. The molecule has 0 spiro atoms. The van der Waals surface area contributed by atoms with Crippen molar-refractivity contribution in [3.05, 3.63) is 35.4 Å². The summed E-state index contributed by atoms with van der Waals surface area (Å²) in [6.07, 6.45) is 0.244. The van der Waals surface area contributed by atoms with Crippen LogP contribution in [0.25, 0.3) is 0 Å². The van der Waals surface area contributed by atoms with Gasteiger partial charge in [-0.1, -0.05) is 29.8 Å². The van der Waals surface area contributed by atoms with Gasteiger partial charge < -0.3 is 20.3 Å². The molecule has 0 saturated carbocycles. The van der Waals surface area contributed by atoms with Crippen LogP contribution in [0.2, 0.25) is 0 Å². The van der Waals surface area contributed by atoms with E-state index in [9.17, 15) is 0 Å². The lowest BCUT2D eigenvalue weighted by molar-refractivity contribution is -0.159. The number of rotatable bonds is 1. The molecule has 1 fully saturated rings. The first-order chi connectivity index (χ1) is 9.00. The van der Waals surface area contributed by atoms with Gasteiger partial charge in [0.15, 0.2) is 0 Å². The third kappa shape index (κ3) is 5.50. The Morgan fingerprint density at radius 2 is 2.00 bits per heavy atom. The van der Waals surface area contributed by atoms with E-state index in [1.165, 1.54) is 11.1 Å². The van der Waals surface area contributed by atoms with E-state index < -0.39 is 11.9 Å². The van der Waals surface area contributed by atoms with Crippen molar-refractivity contribution in [3.8, 4) is 0 Å². The van der Waals surface area contributed by atoms with Crippen LogP contribution in [-0.2, 0) is 14.3 Å². The molecule has 3 N–H and O–H groups in total. The van der Waals surface area contributed by atoms with Crippen LogP contribution < -0.4 is 5.32 Å². The number of ether oxygens (including phenoxy) is 1. The fraction of sp³-hybridized carbons (Fsp3) is 0.385. The summed E-state index contributed by atoms with van der Waals surface area (Å²) in [5.74, 6) is -3.65. The molecule has 0 aliphatic carbocycles.